The van der Waals surface area contributed by atoms with E-state index in [1.807, 2.05) is 30.3 Å². The van der Waals surface area contributed by atoms with Gasteiger partial charge in [0.2, 0.25) is 0 Å². The standard InChI is InChI=1S/C18H14Cl2N2O2/c1-11-15(18(23)22(2)12-7-4-3-5-8-12)17(21-24-11)16-13(19)9-6-10-14(16)20/h3-10H,1-2H3. The van der Waals surface area contributed by atoms with Gasteiger partial charge < -0.3 is 9.42 Å². The van der Waals surface area contributed by atoms with Gasteiger partial charge in [-0.3, -0.25) is 4.79 Å². The van der Waals surface area contributed by atoms with Crippen molar-refractivity contribution in [2.24, 2.45) is 0 Å². The first kappa shape index (κ1) is 16.6. The van der Waals surface area contributed by atoms with Crippen LogP contribution in [0.3, 0.4) is 0 Å². The maximum Gasteiger partial charge on any atom is 0.263 e. The summed E-state index contributed by atoms with van der Waals surface area (Å²) in [5.74, 6) is 0.166. The lowest BCUT2D eigenvalue weighted by Gasteiger charge is -2.17. The number of hydrogen-bond donors (Lipinski definition) is 0. The van der Waals surface area contributed by atoms with Gasteiger partial charge in [0.15, 0.2) is 0 Å². The molecule has 0 radical (unpaired) electrons. The number of halogens is 2. The Morgan fingerprint density at radius 2 is 1.67 bits per heavy atom. The molecule has 2 aromatic carbocycles. The van der Waals surface area contributed by atoms with Crippen LogP contribution in [0.5, 0.6) is 0 Å². The van der Waals surface area contributed by atoms with Crippen LogP contribution < -0.4 is 4.90 Å². The van der Waals surface area contributed by atoms with E-state index in [4.69, 9.17) is 27.7 Å². The molecule has 0 aliphatic heterocycles. The molecule has 24 heavy (non-hydrogen) atoms. The molecular weight excluding hydrogens is 347 g/mol. The van der Waals surface area contributed by atoms with E-state index < -0.39 is 0 Å². The third-order valence-electron chi connectivity index (χ3n) is 3.72. The van der Waals surface area contributed by atoms with Gasteiger partial charge in [-0.25, -0.2) is 0 Å². The fourth-order valence-electron chi connectivity index (χ4n) is 2.46. The van der Waals surface area contributed by atoms with E-state index in [0.717, 1.165) is 5.69 Å². The quantitative estimate of drug-likeness (QED) is 0.641. The number of carbonyl (C=O) groups excluding carboxylic acids is 1. The van der Waals surface area contributed by atoms with E-state index in [1.54, 1.807) is 32.2 Å². The molecule has 3 rings (SSSR count). The van der Waals surface area contributed by atoms with Crippen LogP contribution in [0.4, 0.5) is 5.69 Å². The summed E-state index contributed by atoms with van der Waals surface area (Å²) in [6.07, 6.45) is 0. The molecule has 4 nitrogen and oxygen atoms in total. The lowest BCUT2D eigenvalue weighted by molar-refractivity contribution is 0.0992. The van der Waals surface area contributed by atoms with Crippen LogP contribution in [0.2, 0.25) is 10.0 Å². The summed E-state index contributed by atoms with van der Waals surface area (Å²) in [5.41, 5.74) is 1.94. The van der Waals surface area contributed by atoms with Crippen molar-refractivity contribution in [2.45, 2.75) is 6.92 Å². The van der Waals surface area contributed by atoms with Crippen LogP contribution in [0.15, 0.2) is 53.1 Å². The first-order chi connectivity index (χ1) is 11.5. The fourth-order valence-corrected chi connectivity index (χ4v) is 3.03. The van der Waals surface area contributed by atoms with Gasteiger partial charge in [0.25, 0.3) is 5.91 Å². The number of para-hydroxylation sites is 1. The highest BCUT2D eigenvalue weighted by Gasteiger charge is 2.27. The predicted molar refractivity (Wildman–Crippen MR) is 95.9 cm³/mol. The first-order valence-electron chi connectivity index (χ1n) is 7.24. The summed E-state index contributed by atoms with van der Waals surface area (Å²) >= 11 is 12.5. The van der Waals surface area contributed by atoms with Crippen LogP contribution in [0.1, 0.15) is 16.1 Å². The van der Waals surface area contributed by atoms with Gasteiger partial charge in [-0.2, -0.15) is 0 Å². The van der Waals surface area contributed by atoms with Crippen LogP contribution in [0, 0.1) is 6.92 Å². The number of hydrogen-bond acceptors (Lipinski definition) is 3. The van der Waals surface area contributed by atoms with Crippen molar-refractivity contribution in [3.05, 3.63) is 69.9 Å². The summed E-state index contributed by atoms with van der Waals surface area (Å²) in [6, 6.07) is 14.5. The molecule has 0 saturated carbocycles. The zero-order valence-corrected chi connectivity index (χ0v) is 14.6. The number of anilines is 1. The zero-order chi connectivity index (χ0) is 17.3. The second-order valence-electron chi connectivity index (χ2n) is 5.26. The smallest absolute Gasteiger partial charge is 0.263 e. The van der Waals surface area contributed by atoms with Crippen LogP contribution in [-0.4, -0.2) is 18.1 Å². The molecule has 0 aliphatic carbocycles. The molecular formula is C18H14Cl2N2O2. The minimum atomic E-state index is -0.245. The van der Waals surface area contributed by atoms with Crippen molar-refractivity contribution in [1.29, 1.82) is 0 Å². The molecule has 0 saturated heterocycles. The first-order valence-corrected chi connectivity index (χ1v) is 8.00. The highest BCUT2D eigenvalue weighted by molar-refractivity contribution is 6.39. The normalized spacial score (nSPS) is 10.7. The molecule has 6 heteroatoms. The lowest BCUT2D eigenvalue weighted by atomic mass is 10.0. The predicted octanol–water partition coefficient (Wildman–Crippen LogP) is 5.23. The van der Waals surface area contributed by atoms with Crippen LogP contribution >= 0.6 is 23.2 Å². The van der Waals surface area contributed by atoms with E-state index in [9.17, 15) is 4.79 Å². The molecule has 0 atom stereocenters. The average molecular weight is 361 g/mol. The molecule has 0 aliphatic rings. The number of nitrogens with zero attached hydrogens (tertiary/aromatic N) is 2. The van der Waals surface area contributed by atoms with E-state index in [1.165, 1.54) is 4.90 Å². The Labute approximate surface area is 149 Å². The molecule has 0 spiro atoms. The summed E-state index contributed by atoms with van der Waals surface area (Å²) in [4.78, 5) is 14.5. The molecule has 1 amide bonds. The Hall–Kier alpha value is -2.30. The monoisotopic (exact) mass is 360 g/mol. The lowest BCUT2D eigenvalue weighted by Crippen LogP contribution is -2.27. The number of rotatable bonds is 3. The van der Waals surface area contributed by atoms with Gasteiger partial charge in [0.05, 0.1) is 10.0 Å². The Bertz CT molecular complexity index is 871. The fraction of sp³-hybridized carbons (Fsp3) is 0.111. The molecule has 122 valence electrons. The highest BCUT2D eigenvalue weighted by atomic mass is 35.5. The van der Waals surface area contributed by atoms with Crippen molar-refractivity contribution in [3.63, 3.8) is 0 Å². The molecule has 1 aromatic heterocycles. The Morgan fingerprint density at radius 3 is 2.29 bits per heavy atom. The minimum Gasteiger partial charge on any atom is -0.360 e. The maximum atomic E-state index is 13.0. The molecule has 1 heterocycles. The van der Waals surface area contributed by atoms with E-state index in [2.05, 4.69) is 5.16 Å². The van der Waals surface area contributed by atoms with Gasteiger partial charge in [-0.15, -0.1) is 0 Å². The van der Waals surface area contributed by atoms with Gasteiger partial charge in [0, 0.05) is 18.3 Å². The number of benzene rings is 2. The van der Waals surface area contributed by atoms with Crippen molar-refractivity contribution in [2.75, 3.05) is 11.9 Å². The molecule has 0 N–H and O–H groups in total. The number of aromatic nitrogens is 1. The van der Waals surface area contributed by atoms with Crippen molar-refractivity contribution < 1.29 is 9.32 Å². The van der Waals surface area contributed by atoms with Gasteiger partial charge >= 0.3 is 0 Å². The summed E-state index contributed by atoms with van der Waals surface area (Å²) in [7, 11) is 1.70. The number of carbonyl (C=O) groups is 1. The SMILES string of the molecule is Cc1onc(-c2c(Cl)cccc2Cl)c1C(=O)N(C)c1ccccc1. The van der Waals surface area contributed by atoms with E-state index in [0.29, 0.717) is 32.6 Å². The van der Waals surface area contributed by atoms with Gasteiger partial charge in [0.1, 0.15) is 17.0 Å². The highest BCUT2D eigenvalue weighted by Crippen LogP contribution is 2.37. The Balaban J connectivity index is 2.10. The Kier molecular flexibility index (Phi) is 4.60. The second-order valence-corrected chi connectivity index (χ2v) is 6.07. The minimum absolute atomic E-state index is 0.245. The van der Waals surface area contributed by atoms with Crippen molar-refractivity contribution in [1.82, 2.24) is 5.16 Å². The van der Waals surface area contributed by atoms with Crippen molar-refractivity contribution >= 4 is 34.8 Å². The Morgan fingerprint density at radius 1 is 1.04 bits per heavy atom. The summed E-state index contributed by atoms with van der Waals surface area (Å²) < 4.78 is 5.25. The van der Waals surface area contributed by atoms with Gasteiger partial charge in [-0.1, -0.05) is 52.6 Å². The largest absolute Gasteiger partial charge is 0.360 e. The molecule has 3 aromatic rings. The van der Waals surface area contributed by atoms with Crippen LogP contribution in [-0.2, 0) is 0 Å². The third-order valence-corrected chi connectivity index (χ3v) is 4.35. The average Bonchev–Trinajstić information content (AvgIpc) is 2.95. The van der Waals surface area contributed by atoms with Crippen LogP contribution in [0.25, 0.3) is 11.3 Å². The van der Waals surface area contributed by atoms with Gasteiger partial charge in [-0.05, 0) is 31.2 Å². The number of amides is 1. The molecule has 0 bridgehead atoms. The number of aryl methyl sites for hydroxylation is 1. The zero-order valence-electron chi connectivity index (χ0n) is 13.1. The van der Waals surface area contributed by atoms with E-state index in [-0.39, 0.29) is 5.91 Å². The summed E-state index contributed by atoms with van der Waals surface area (Å²) in [6.45, 7) is 1.69. The third kappa shape index (κ3) is 2.90. The molecule has 0 fully saturated rings. The van der Waals surface area contributed by atoms with Crippen molar-refractivity contribution in [3.8, 4) is 11.3 Å². The molecule has 0 unspecified atom stereocenters. The maximum absolute atomic E-state index is 13.0. The second kappa shape index (κ2) is 6.67. The van der Waals surface area contributed by atoms with E-state index >= 15 is 0 Å². The summed E-state index contributed by atoms with van der Waals surface area (Å²) in [5, 5.41) is 4.83. The topological polar surface area (TPSA) is 46.3 Å².